The third-order valence-corrected chi connectivity index (χ3v) is 12.0. The summed E-state index contributed by atoms with van der Waals surface area (Å²) in [6, 6.07) is 6.97. The van der Waals surface area contributed by atoms with E-state index in [1.165, 1.54) is 12.0 Å². The highest BCUT2D eigenvalue weighted by molar-refractivity contribution is 6.73. The van der Waals surface area contributed by atoms with Gasteiger partial charge in [0.1, 0.15) is 5.75 Å². The van der Waals surface area contributed by atoms with Gasteiger partial charge in [-0.05, 0) is 63.0 Å². The predicted molar refractivity (Wildman–Crippen MR) is 138 cm³/mol. The summed E-state index contributed by atoms with van der Waals surface area (Å²) >= 11 is 0. The van der Waals surface area contributed by atoms with Crippen LogP contribution in [-0.2, 0) is 20.5 Å². The van der Waals surface area contributed by atoms with E-state index in [-0.39, 0.29) is 19.6 Å². The standard InChI is InChI=1S/C26H41F3N2O5Si/c1-8-37(9-2,10-3)35-17-23-22(15-19(6)31(23)25(33)36-18(4)5)30(24(32)26(27,28)29)16-20-11-13-21(34-7)14-12-20/h11-14,18-19,22-23H,8-10,15-17H2,1-7H3/t19?,22-,23-/m0/s1. The molecule has 1 fully saturated rings. The van der Waals surface area contributed by atoms with Crippen LogP contribution in [0.25, 0.3) is 0 Å². The molecular formula is C26H41F3N2O5Si. The number of ether oxygens (including phenoxy) is 2. The Morgan fingerprint density at radius 1 is 1.11 bits per heavy atom. The summed E-state index contributed by atoms with van der Waals surface area (Å²) in [5.41, 5.74) is 0.522. The molecule has 3 atom stereocenters. The second-order valence-electron chi connectivity index (χ2n) is 9.89. The van der Waals surface area contributed by atoms with E-state index in [9.17, 15) is 22.8 Å². The molecule has 0 N–H and O–H groups in total. The number of alkyl halides is 3. The second kappa shape index (κ2) is 13.0. The van der Waals surface area contributed by atoms with Crippen LogP contribution >= 0.6 is 0 Å². The van der Waals surface area contributed by atoms with Gasteiger partial charge in [-0.15, -0.1) is 0 Å². The van der Waals surface area contributed by atoms with Crippen molar-refractivity contribution in [3.8, 4) is 5.75 Å². The number of hydrogen-bond acceptors (Lipinski definition) is 5. The molecule has 37 heavy (non-hydrogen) atoms. The molecule has 1 saturated heterocycles. The van der Waals surface area contributed by atoms with Crippen LogP contribution in [0.1, 0.15) is 53.5 Å². The van der Waals surface area contributed by atoms with Crippen molar-refractivity contribution in [3.05, 3.63) is 29.8 Å². The van der Waals surface area contributed by atoms with E-state index in [1.54, 1.807) is 45.0 Å². The van der Waals surface area contributed by atoms with Gasteiger partial charge in [0.05, 0.1) is 31.9 Å². The average molecular weight is 547 g/mol. The average Bonchev–Trinajstić information content (AvgIpc) is 3.18. The molecule has 1 aromatic rings. The monoisotopic (exact) mass is 546 g/mol. The second-order valence-corrected chi connectivity index (χ2v) is 14.7. The number of carbonyl (C=O) groups is 2. The summed E-state index contributed by atoms with van der Waals surface area (Å²) in [5.74, 6) is -1.38. The van der Waals surface area contributed by atoms with E-state index in [2.05, 4.69) is 20.8 Å². The van der Waals surface area contributed by atoms with Crippen molar-refractivity contribution in [2.75, 3.05) is 13.7 Å². The third kappa shape index (κ3) is 7.62. The molecule has 0 spiro atoms. The molecule has 2 rings (SSSR count). The Morgan fingerprint density at radius 3 is 2.14 bits per heavy atom. The van der Waals surface area contributed by atoms with E-state index in [0.29, 0.717) is 11.3 Å². The first-order valence-corrected chi connectivity index (χ1v) is 15.5. The van der Waals surface area contributed by atoms with E-state index in [0.717, 1.165) is 23.0 Å². The summed E-state index contributed by atoms with van der Waals surface area (Å²) in [6.07, 6.45) is -5.90. The number of likely N-dealkylation sites (tertiary alicyclic amines) is 1. The summed E-state index contributed by atoms with van der Waals surface area (Å²) in [7, 11) is -0.638. The number of halogens is 3. The lowest BCUT2D eigenvalue weighted by Gasteiger charge is -2.38. The maximum Gasteiger partial charge on any atom is 0.471 e. The molecule has 2 amide bonds. The lowest BCUT2D eigenvalue weighted by molar-refractivity contribution is -0.189. The zero-order valence-electron chi connectivity index (χ0n) is 22.9. The van der Waals surface area contributed by atoms with E-state index < -0.39 is 50.7 Å². The zero-order valence-corrected chi connectivity index (χ0v) is 23.9. The molecule has 1 aliphatic rings. The first kappa shape index (κ1) is 30.9. The summed E-state index contributed by atoms with van der Waals surface area (Å²) in [6.45, 7) is 11.2. The van der Waals surface area contributed by atoms with Gasteiger partial charge in [-0.25, -0.2) is 4.79 Å². The van der Waals surface area contributed by atoms with Crippen molar-refractivity contribution in [1.82, 2.24) is 9.80 Å². The smallest absolute Gasteiger partial charge is 0.471 e. The summed E-state index contributed by atoms with van der Waals surface area (Å²) < 4.78 is 58.5. The van der Waals surface area contributed by atoms with Crippen LogP contribution in [0.3, 0.4) is 0 Å². The van der Waals surface area contributed by atoms with E-state index in [1.807, 2.05) is 0 Å². The fraction of sp³-hybridized carbons (Fsp3) is 0.692. The Hall–Kier alpha value is -2.27. The molecule has 1 aliphatic heterocycles. The lowest BCUT2D eigenvalue weighted by atomic mass is 10.0. The van der Waals surface area contributed by atoms with Crippen LogP contribution in [0.4, 0.5) is 18.0 Å². The summed E-state index contributed by atoms with van der Waals surface area (Å²) in [5, 5.41) is 0. The Kier molecular flexibility index (Phi) is 10.9. The van der Waals surface area contributed by atoms with Crippen molar-refractivity contribution in [2.24, 2.45) is 0 Å². The highest BCUT2D eigenvalue weighted by atomic mass is 28.4. The molecule has 1 unspecified atom stereocenters. The lowest BCUT2D eigenvalue weighted by Crippen LogP contribution is -2.55. The number of methoxy groups -OCH3 is 1. The molecule has 0 radical (unpaired) electrons. The maximum atomic E-state index is 13.8. The molecule has 210 valence electrons. The van der Waals surface area contributed by atoms with Gasteiger partial charge >= 0.3 is 18.2 Å². The largest absolute Gasteiger partial charge is 0.497 e. The number of amides is 2. The minimum absolute atomic E-state index is 0.0498. The quantitative estimate of drug-likeness (QED) is 0.319. The van der Waals surface area contributed by atoms with Crippen LogP contribution in [0.15, 0.2) is 24.3 Å². The van der Waals surface area contributed by atoms with Gasteiger partial charge in [0.25, 0.3) is 0 Å². The van der Waals surface area contributed by atoms with Gasteiger partial charge in [-0.1, -0.05) is 32.9 Å². The number of hydrogen-bond donors (Lipinski definition) is 0. The Balaban J connectivity index is 2.50. The molecule has 0 aromatic heterocycles. The molecule has 1 heterocycles. The SMILES string of the molecule is CC[Si](CC)(CC)OC[C@H]1[C@@H](N(Cc2ccc(OC)cc2)C(=O)C(F)(F)F)CC(C)N1C(=O)OC(C)C. The third-order valence-electron chi connectivity index (χ3n) is 7.32. The Morgan fingerprint density at radius 2 is 1.68 bits per heavy atom. The minimum atomic E-state index is -5.07. The first-order chi connectivity index (χ1) is 17.3. The van der Waals surface area contributed by atoms with Gasteiger partial charge in [-0.3, -0.25) is 9.69 Å². The molecule has 0 aliphatic carbocycles. The van der Waals surface area contributed by atoms with Gasteiger partial charge in [-0.2, -0.15) is 13.2 Å². The highest BCUT2D eigenvalue weighted by Gasteiger charge is 2.52. The van der Waals surface area contributed by atoms with Crippen molar-refractivity contribution >= 4 is 20.3 Å². The van der Waals surface area contributed by atoms with Crippen molar-refractivity contribution in [3.63, 3.8) is 0 Å². The molecule has 0 bridgehead atoms. The van der Waals surface area contributed by atoms with Crippen molar-refractivity contribution in [2.45, 2.75) is 103 Å². The molecule has 11 heteroatoms. The van der Waals surface area contributed by atoms with Crippen LogP contribution in [-0.4, -0.2) is 74.2 Å². The Labute approximate surface area is 219 Å². The molecule has 1 aromatic carbocycles. The van der Waals surface area contributed by atoms with Gasteiger partial charge in [0.15, 0.2) is 8.32 Å². The number of benzene rings is 1. The van der Waals surface area contributed by atoms with Crippen LogP contribution < -0.4 is 4.74 Å². The fourth-order valence-electron chi connectivity index (χ4n) is 4.99. The molecule has 0 saturated carbocycles. The minimum Gasteiger partial charge on any atom is -0.497 e. The number of nitrogens with zero attached hydrogens (tertiary/aromatic N) is 2. The predicted octanol–water partition coefficient (Wildman–Crippen LogP) is 5.98. The normalized spacial score (nSPS) is 20.3. The first-order valence-electron chi connectivity index (χ1n) is 13.0. The van der Waals surface area contributed by atoms with Crippen LogP contribution in [0, 0.1) is 0 Å². The van der Waals surface area contributed by atoms with Crippen LogP contribution in [0.2, 0.25) is 18.1 Å². The highest BCUT2D eigenvalue weighted by Crippen LogP contribution is 2.35. The maximum absolute atomic E-state index is 13.8. The number of carbonyl (C=O) groups excluding carboxylic acids is 2. The zero-order chi connectivity index (χ0) is 28.0. The summed E-state index contributed by atoms with van der Waals surface area (Å²) in [4.78, 5) is 28.2. The Bertz CT molecular complexity index is 885. The van der Waals surface area contributed by atoms with Gasteiger partial charge in [0.2, 0.25) is 0 Å². The number of rotatable bonds is 11. The fourth-order valence-corrected chi connectivity index (χ4v) is 7.62. The van der Waals surface area contributed by atoms with E-state index in [4.69, 9.17) is 13.9 Å². The molecule has 7 nitrogen and oxygen atoms in total. The van der Waals surface area contributed by atoms with Gasteiger partial charge in [0, 0.05) is 12.6 Å². The van der Waals surface area contributed by atoms with Crippen molar-refractivity contribution in [1.29, 1.82) is 0 Å². The molecular weight excluding hydrogens is 505 g/mol. The van der Waals surface area contributed by atoms with Gasteiger partial charge < -0.3 is 18.8 Å². The topological polar surface area (TPSA) is 68.3 Å². The van der Waals surface area contributed by atoms with Crippen molar-refractivity contribution < 1.29 is 36.7 Å². The van der Waals surface area contributed by atoms with E-state index >= 15 is 0 Å². The van der Waals surface area contributed by atoms with Crippen LogP contribution in [0.5, 0.6) is 5.75 Å².